The van der Waals surface area contributed by atoms with Crippen molar-refractivity contribution in [2.24, 2.45) is 0 Å². The van der Waals surface area contributed by atoms with Crippen LogP contribution in [0, 0.1) is 0 Å². The maximum Gasteiger partial charge on any atom is 0.200 e. The maximum atomic E-state index is 13.9. The van der Waals surface area contributed by atoms with E-state index in [2.05, 4.69) is 42.5 Å². The van der Waals surface area contributed by atoms with E-state index in [0.717, 1.165) is 59.3 Å². The molecule has 0 saturated carbocycles. The largest absolute Gasteiger partial charge is 0.456 e. The van der Waals surface area contributed by atoms with Crippen molar-refractivity contribution in [1.29, 1.82) is 0 Å². The van der Waals surface area contributed by atoms with Gasteiger partial charge in [-0.3, -0.25) is 9.59 Å². The summed E-state index contributed by atoms with van der Waals surface area (Å²) in [5.41, 5.74) is 9.11. The third-order valence-electron chi connectivity index (χ3n) is 9.08. The first-order chi connectivity index (χ1) is 23.6. The Labute approximate surface area is 279 Å². The Balaban J connectivity index is 1.12. The van der Waals surface area contributed by atoms with Gasteiger partial charge in [0.05, 0.1) is 10.8 Å². The fourth-order valence-electron chi connectivity index (χ4n) is 6.57. The van der Waals surface area contributed by atoms with Crippen LogP contribution in [0.4, 0.5) is 0 Å². The first kappa shape index (κ1) is 28.1. The molecule has 0 aliphatic heterocycles. The second-order valence-electron chi connectivity index (χ2n) is 12.0. The van der Waals surface area contributed by atoms with Crippen molar-refractivity contribution < 1.29 is 4.42 Å². The molecular formula is C44H26O3S. The normalized spacial score (nSPS) is 11.5. The third-order valence-corrected chi connectivity index (χ3v) is 10.2. The summed E-state index contributed by atoms with van der Waals surface area (Å²) >= 11 is 1.64. The number of benzene rings is 7. The lowest BCUT2D eigenvalue weighted by Gasteiger charge is -2.10. The van der Waals surface area contributed by atoms with Crippen LogP contribution in [0.3, 0.4) is 0 Å². The fourth-order valence-corrected chi connectivity index (χ4v) is 7.60. The predicted octanol–water partition coefficient (Wildman–Crippen LogP) is 11.3. The molecule has 9 aromatic rings. The average Bonchev–Trinajstić information content (AvgIpc) is 3.15. The van der Waals surface area contributed by atoms with E-state index in [-0.39, 0.29) is 10.9 Å². The minimum Gasteiger partial charge on any atom is -0.456 e. The Hall–Kier alpha value is -6.10. The molecule has 0 saturated heterocycles. The number of hydrogen-bond acceptors (Lipinski definition) is 4. The molecule has 2 heterocycles. The monoisotopic (exact) mass is 634 g/mol. The van der Waals surface area contributed by atoms with Gasteiger partial charge in [0.1, 0.15) is 11.2 Å². The average molecular weight is 635 g/mol. The molecule has 3 nitrogen and oxygen atoms in total. The Morgan fingerprint density at radius 2 is 0.708 bits per heavy atom. The highest BCUT2D eigenvalue weighted by Gasteiger charge is 2.13. The number of fused-ring (bicyclic) bond motifs is 4. The Morgan fingerprint density at radius 3 is 1.21 bits per heavy atom. The van der Waals surface area contributed by atoms with Crippen molar-refractivity contribution in [3.63, 3.8) is 0 Å². The summed E-state index contributed by atoms with van der Waals surface area (Å²) in [5, 5.41) is 2.55. The molecule has 0 aliphatic carbocycles. The van der Waals surface area contributed by atoms with Gasteiger partial charge in [-0.05, 0) is 99.1 Å². The molecule has 0 spiro atoms. The lowest BCUT2D eigenvalue weighted by molar-refractivity contribution is 0.660. The molecule has 0 N–H and O–H groups in total. The van der Waals surface area contributed by atoms with Crippen molar-refractivity contribution in [3.8, 4) is 44.5 Å². The van der Waals surface area contributed by atoms with Crippen LogP contribution in [0.2, 0.25) is 0 Å². The Kier molecular flexibility index (Phi) is 6.63. The van der Waals surface area contributed by atoms with Gasteiger partial charge in [-0.25, -0.2) is 0 Å². The molecule has 0 bridgehead atoms. The summed E-state index contributed by atoms with van der Waals surface area (Å²) in [7, 11) is 0. The van der Waals surface area contributed by atoms with E-state index >= 15 is 0 Å². The number of rotatable bonds is 4. The first-order valence-corrected chi connectivity index (χ1v) is 16.6. The van der Waals surface area contributed by atoms with Gasteiger partial charge in [0.2, 0.25) is 5.43 Å². The van der Waals surface area contributed by atoms with E-state index in [0.29, 0.717) is 27.3 Å². The topological polar surface area (TPSA) is 47.3 Å². The van der Waals surface area contributed by atoms with Crippen LogP contribution in [-0.4, -0.2) is 0 Å². The zero-order valence-electron chi connectivity index (χ0n) is 25.6. The van der Waals surface area contributed by atoms with Crippen molar-refractivity contribution in [2.45, 2.75) is 0 Å². The zero-order chi connectivity index (χ0) is 32.2. The fraction of sp³-hybridized carbons (Fsp3) is 0. The maximum absolute atomic E-state index is 13.9. The smallest absolute Gasteiger partial charge is 0.200 e. The minimum atomic E-state index is -0.0524. The van der Waals surface area contributed by atoms with Gasteiger partial charge in [-0.15, -0.1) is 11.3 Å². The van der Waals surface area contributed by atoms with E-state index in [1.165, 1.54) is 0 Å². The van der Waals surface area contributed by atoms with Gasteiger partial charge in [0, 0.05) is 20.2 Å². The Bertz CT molecular complexity index is 2620. The highest BCUT2D eigenvalue weighted by molar-refractivity contribution is 7.24. The zero-order valence-corrected chi connectivity index (χ0v) is 26.5. The molecule has 0 radical (unpaired) electrons. The minimum absolute atomic E-state index is 0.0402. The van der Waals surface area contributed by atoms with Crippen molar-refractivity contribution in [3.05, 3.63) is 178 Å². The predicted molar refractivity (Wildman–Crippen MR) is 201 cm³/mol. The summed E-state index contributed by atoms with van der Waals surface area (Å²) in [6.45, 7) is 0. The molecule has 0 fully saturated rings. The molecule has 0 atom stereocenters. The van der Waals surface area contributed by atoms with Gasteiger partial charge < -0.3 is 4.42 Å². The second-order valence-corrected chi connectivity index (χ2v) is 13.1. The number of hydrogen-bond donors (Lipinski definition) is 0. The summed E-state index contributed by atoms with van der Waals surface area (Å²) in [6, 6.07) is 52.2. The molecule has 0 aliphatic rings. The van der Waals surface area contributed by atoms with Crippen molar-refractivity contribution in [2.75, 3.05) is 0 Å². The summed E-state index contributed by atoms with van der Waals surface area (Å²) in [6.07, 6.45) is 0. The van der Waals surface area contributed by atoms with Crippen LogP contribution in [0.1, 0.15) is 0 Å². The second kappa shape index (κ2) is 11.3. The van der Waals surface area contributed by atoms with Crippen molar-refractivity contribution in [1.82, 2.24) is 0 Å². The van der Waals surface area contributed by atoms with E-state index in [1.807, 2.05) is 115 Å². The molecule has 48 heavy (non-hydrogen) atoms. The summed E-state index contributed by atoms with van der Waals surface area (Å²) in [5.74, 6) is 0. The molecule has 0 unspecified atom stereocenters. The lowest BCUT2D eigenvalue weighted by Crippen LogP contribution is -2.02. The molecule has 0 amide bonds. The van der Waals surface area contributed by atoms with Gasteiger partial charge in [-0.1, -0.05) is 103 Å². The van der Waals surface area contributed by atoms with E-state index in [9.17, 15) is 9.59 Å². The molecule has 7 aromatic carbocycles. The quantitative estimate of drug-likeness (QED) is 0.181. The third kappa shape index (κ3) is 4.82. The molecule has 4 heteroatoms. The Morgan fingerprint density at radius 1 is 0.333 bits per heavy atom. The van der Waals surface area contributed by atoms with Crippen LogP contribution >= 0.6 is 11.3 Å². The highest BCUT2D eigenvalue weighted by Crippen LogP contribution is 2.34. The van der Waals surface area contributed by atoms with Gasteiger partial charge in [0.25, 0.3) is 0 Å². The van der Waals surface area contributed by atoms with Crippen LogP contribution in [0.15, 0.2) is 172 Å². The van der Waals surface area contributed by atoms with E-state index in [4.69, 9.17) is 4.42 Å². The highest BCUT2D eigenvalue weighted by atomic mass is 32.1. The van der Waals surface area contributed by atoms with Gasteiger partial charge in [-0.2, -0.15) is 0 Å². The lowest BCUT2D eigenvalue weighted by atomic mass is 9.97. The van der Waals surface area contributed by atoms with Crippen LogP contribution in [0.5, 0.6) is 0 Å². The van der Waals surface area contributed by atoms with Gasteiger partial charge in [0.15, 0.2) is 5.43 Å². The molecule has 226 valence electrons. The van der Waals surface area contributed by atoms with Crippen molar-refractivity contribution >= 4 is 53.4 Å². The van der Waals surface area contributed by atoms with Gasteiger partial charge >= 0.3 is 0 Å². The molecule has 2 aromatic heterocycles. The van der Waals surface area contributed by atoms with E-state index in [1.54, 1.807) is 11.3 Å². The summed E-state index contributed by atoms with van der Waals surface area (Å²) < 4.78 is 8.13. The molecule has 9 rings (SSSR count). The SMILES string of the molecule is O=c1c2cc(-c3ccccc3)ccc2oc2ccc(-c3cccc(-c4ccc5sc6ccc(-c7ccccc7)cc6c(=O)c5c4)c3)cc12. The summed E-state index contributed by atoms with van der Waals surface area (Å²) in [4.78, 5) is 27.7. The standard InChI is InChI=1S/C44H26O3S/c45-43-35-23-31(27-8-3-1-4-9-27)14-18-39(35)47-40-19-15-33(24-36(40)43)29-12-7-13-30(22-29)34-17-21-42-38(26-34)44(46)37-25-32(16-20-41(37)48-42)28-10-5-2-6-11-28/h1-26H. The molecular weight excluding hydrogens is 609 g/mol. The van der Waals surface area contributed by atoms with Crippen LogP contribution < -0.4 is 10.9 Å². The van der Waals surface area contributed by atoms with Crippen LogP contribution in [-0.2, 0) is 0 Å². The van der Waals surface area contributed by atoms with E-state index < -0.39 is 0 Å². The first-order valence-electron chi connectivity index (χ1n) is 15.8. The van der Waals surface area contributed by atoms with Crippen LogP contribution in [0.25, 0.3) is 86.6 Å².